The summed E-state index contributed by atoms with van der Waals surface area (Å²) in [4.78, 5) is 10.4. The molecule has 0 atom stereocenters. The molecule has 0 saturated heterocycles. The van der Waals surface area contributed by atoms with Gasteiger partial charge in [0.1, 0.15) is 0 Å². The molecular formula is C12H14F2N2O4. The van der Waals surface area contributed by atoms with Gasteiger partial charge in [-0.2, -0.15) is 0 Å². The van der Waals surface area contributed by atoms with E-state index in [0.717, 1.165) is 6.07 Å². The standard InChI is InChI=1S/C12H14F2N2O4/c1-19-9-3-7(11(15)5-12(13,14)6-11)8(16(17)18)4-10(9)20-2/h3-4H,5-6,15H2,1-2H3. The average Bonchev–Trinajstić information content (AvgIpc) is 2.34. The molecule has 2 rings (SSSR count). The minimum Gasteiger partial charge on any atom is -0.493 e. The molecule has 1 aliphatic rings. The molecule has 6 nitrogen and oxygen atoms in total. The summed E-state index contributed by atoms with van der Waals surface area (Å²) in [5, 5.41) is 11.1. The molecular weight excluding hydrogens is 274 g/mol. The Labute approximate surface area is 113 Å². The van der Waals surface area contributed by atoms with Gasteiger partial charge in [0.25, 0.3) is 11.6 Å². The van der Waals surface area contributed by atoms with E-state index in [0.29, 0.717) is 0 Å². The summed E-state index contributed by atoms with van der Waals surface area (Å²) in [5.41, 5.74) is 4.13. The van der Waals surface area contributed by atoms with Crippen LogP contribution >= 0.6 is 0 Å². The molecule has 0 heterocycles. The van der Waals surface area contributed by atoms with Gasteiger partial charge in [-0.1, -0.05) is 0 Å². The first-order valence-electron chi connectivity index (χ1n) is 5.80. The van der Waals surface area contributed by atoms with Crippen molar-refractivity contribution in [3.05, 3.63) is 27.8 Å². The van der Waals surface area contributed by atoms with E-state index >= 15 is 0 Å². The number of hydrogen-bond acceptors (Lipinski definition) is 5. The normalized spacial score (nSPS) is 19.1. The van der Waals surface area contributed by atoms with E-state index in [-0.39, 0.29) is 22.7 Å². The van der Waals surface area contributed by atoms with Crippen molar-refractivity contribution in [3.8, 4) is 11.5 Å². The number of nitrogens with zero attached hydrogens (tertiary/aromatic N) is 1. The van der Waals surface area contributed by atoms with Gasteiger partial charge in [0.15, 0.2) is 11.5 Å². The Morgan fingerprint density at radius 3 is 2.15 bits per heavy atom. The number of rotatable bonds is 4. The van der Waals surface area contributed by atoms with Gasteiger partial charge in [-0.25, -0.2) is 8.78 Å². The van der Waals surface area contributed by atoms with E-state index in [1.54, 1.807) is 0 Å². The number of alkyl halides is 2. The van der Waals surface area contributed by atoms with Gasteiger partial charge in [-0.15, -0.1) is 0 Å². The Hall–Kier alpha value is -1.96. The minimum absolute atomic E-state index is 0.0334. The number of methoxy groups -OCH3 is 2. The number of nitro groups is 1. The van der Waals surface area contributed by atoms with E-state index in [9.17, 15) is 18.9 Å². The molecule has 8 heteroatoms. The van der Waals surface area contributed by atoms with E-state index in [1.807, 2.05) is 0 Å². The zero-order valence-corrected chi connectivity index (χ0v) is 11.0. The number of ether oxygens (including phenoxy) is 2. The fraction of sp³-hybridized carbons (Fsp3) is 0.500. The van der Waals surface area contributed by atoms with Gasteiger partial charge in [-0.05, 0) is 6.07 Å². The first-order valence-corrected chi connectivity index (χ1v) is 5.80. The van der Waals surface area contributed by atoms with Crippen LogP contribution in [-0.4, -0.2) is 25.1 Å². The number of halogens is 2. The van der Waals surface area contributed by atoms with E-state index < -0.39 is 29.2 Å². The monoisotopic (exact) mass is 288 g/mol. The molecule has 2 N–H and O–H groups in total. The van der Waals surface area contributed by atoms with Crippen LogP contribution in [0, 0.1) is 10.1 Å². The summed E-state index contributed by atoms with van der Waals surface area (Å²) in [6.45, 7) is 0. The lowest BCUT2D eigenvalue weighted by molar-refractivity contribution is -0.386. The molecule has 0 radical (unpaired) electrons. The predicted octanol–water partition coefficient (Wildman–Crippen LogP) is 2.20. The highest BCUT2D eigenvalue weighted by Crippen LogP contribution is 2.53. The zero-order chi connectivity index (χ0) is 15.1. The van der Waals surface area contributed by atoms with Crippen LogP contribution in [0.4, 0.5) is 14.5 Å². The van der Waals surface area contributed by atoms with Crippen LogP contribution in [0.3, 0.4) is 0 Å². The summed E-state index contributed by atoms with van der Waals surface area (Å²) < 4.78 is 36.2. The highest BCUT2D eigenvalue weighted by molar-refractivity contribution is 5.57. The Bertz CT molecular complexity index is 555. The van der Waals surface area contributed by atoms with E-state index in [4.69, 9.17) is 15.2 Å². The second kappa shape index (κ2) is 4.55. The zero-order valence-electron chi connectivity index (χ0n) is 11.0. The molecule has 20 heavy (non-hydrogen) atoms. The van der Waals surface area contributed by atoms with Crippen molar-refractivity contribution in [3.63, 3.8) is 0 Å². The topological polar surface area (TPSA) is 87.6 Å². The van der Waals surface area contributed by atoms with Crippen LogP contribution in [0.1, 0.15) is 18.4 Å². The Balaban J connectivity index is 2.54. The third-order valence-electron chi connectivity index (χ3n) is 3.38. The molecule has 0 spiro atoms. The van der Waals surface area contributed by atoms with Gasteiger partial charge in [0.05, 0.1) is 36.3 Å². The first-order chi connectivity index (χ1) is 9.22. The van der Waals surface area contributed by atoms with E-state index in [1.165, 1.54) is 20.3 Å². The van der Waals surface area contributed by atoms with Crippen LogP contribution in [0.5, 0.6) is 11.5 Å². The van der Waals surface area contributed by atoms with Crippen molar-refractivity contribution in [2.45, 2.75) is 24.3 Å². The largest absolute Gasteiger partial charge is 0.493 e. The maximum atomic E-state index is 13.1. The first kappa shape index (κ1) is 14.4. The van der Waals surface area contributed by atoms with Crippen LogP contribution in [0.2, 0.25) is 0 Å². The molecule has 0 aromatic heterocycles. The minimum atomic E-state index is -2.89. The molecule has 0 amide bonds. The van der Waals surface area contributed by atoms with Gasteiger partial charge < -0.3 is 15.2 Å². The maximum Gasteiger partial charge on any atom is 0.278 e. The number of nitrogens with two attached hydrogens (primary N) is 1. The van der Waals surface area contributed by atoms with Gasteiger partial charge >= 0.3 is 0 Å². The highest BCUT2D eigenvalue weighted by atomic mass is 19.3. The third kappa shape index (κ3) is 2.26. The molecule has 110 valence electrons. The number of benzene rings is 1. The van der Waals surface area contributed by atoms with Crippen LogP contribution in [-0.2, 0) is 5.54 Å². The van der Waals surface area contributed by atoms with Crippen molar-refractivity contribution < 1.29 is 23.2 Å². The van der Waals surface area contributed by atoms with Crippen molar-refractivity contribution in [2.75, 3.05) is 14.2 Å². The van der Waals surface area contributed by atoms with Gasteiger partial charge in [-0.3, -0.25) is 10.1 Å². The molecule has 1 fully saturated rings. The lowest BCUT2D eigenvalue weighted by Gasteiger charge is -2.44. The van der Waals surface area contributed by atoms with Crippen LogP contribution in [0.15, 0.2) is 12.1 Å². The van der Waals surface area contributed by atoms with Gasteiger partial charge in [0.2, 0.25) is 0 Å². The molecule has 1 aromatic carbocycles. The summed E-state index contributed by atoms with van der Waals surface area (Å²) in [7, 11) is 2.68. The van der Waals surface area contributed by atoms with Crippen molar-refractivity contribution >= 4 is 5.69 Å². The molecule has 1 saturated carbocycles. The quantitative estimate of drug-likeness (QED) is 0.677. The summed E-state index contributed by atoms with van der Waals surface area (Å²) >= 11 is 0. The summed E-state index contributed by atoms with van der Waals surface area (Å²) in [6, 6.07) is 2.44. The average molecular weight is 288 g/mol. The lowest BCUT2D eigenvalue weighted by atomic mass is 9.69. The van der Waals surface area contributed by atoms with E-state index in [2.05, 4.69) is 0 Å². The molecule has 1 aromatic rings. The Kier molecular flexibility index (Phi) is 3.29. The Morgan fingerprint density at radius 2 is 1.75 bits per heavy atom. The third-order valence-corrected chi connectivity index (χ3v) is 3.38. The molecule has 0 bridgehead atoms. The molecule has 0 unspecified atom stereocenters. The maximum absolute atomic E-state index is 13.1. The van der Waals surface area contributed by atoms with Crippen molar-refractivity contribution in [1.82, 2.24) is 0 Å². The Morgan fingerprint density at radius 1 is 1.25 bits per heavy atom. The van der Waals surface area contributed by atoms with Crippen LogP contribution < -0.4 is 15.2 Å². The highest BCUT2D eigenvalue weighted by Gasteiger charge is 2.57. The number of nitro benzene ring substituents is 1. The van der Waals surface area contributed by atoms with Crippen LogP contribution in [0.25, 0.3) is 0 Å². The fourth-order valence-electron chi connectivity index (χ4n) is 2.48. The molecule has 1 aliphatic carbocycles. The molecule has 0 aliphatic heterocycles. The second-order valence-electron chi connectivity index (χ2n) is 4.85. The smallest absolute Gasteiger partial charge is 0.278 e. The predicted molar refractivity (Wildman–Crippen MR) is 66.2 cm³/mol. The van der Waals surface area contributed by atoms with Crippen molar-refractivity contribution in [1.29, 1.82) is 0 Å². The lowest BCUT2D eigenvalue weighted by Crippen LogP contribution is -2.55. The summed E-state index contributed by atoms with van der Waals surface area (Å²) in [6.07, 6.45) is -1.26. The van der Waals surface area contributed by atoms with Crippen molar-refractivity contribution in [2.24, 2.45) is 5.73 Å². The summed E-state index contributed by atoms with van der Waals surface area (Å²) in [5.74, 6) is -2.53. The second-order valence-corrected chi connectivity index (χ2v) is 4.85. The SMILES string of the molecule is COc1cc([N+](=O)[O-])c(C2(N)CC(F)(F)C2)cc1OC. The van der Waals surface area contributed by atoms with Gasteiger partial charge in [0, 0.05) is 12.8 Å². The number of hydrogen-bond donors (Lipinski definition) is 1. The fourth-order valence-corrected chi connectivity index (χ4v) is 2.48.